The Bertz CT molecular complexity index is 676. The molecule has 4 rings (SSSR count). The fourth-order valence-corrected chi connectivity index (χ4v) is 4.32. The van der Waals surface area contributed by atoms with Gasteiger partial charge in [-0.25, -0.2) is 14.4 Å². The molecule has 2 fully saturated rings. The number of nitrogens with zero attached hydrogens (tertiary/aromatic N) is 3. The molecule has 2 aromatic heterocycles. The normalized spacial score (nSPS) is 22.6. The molecule has 0 amide bonds. The minimum absolute atomic E-state index is 0.0523. The minimum atomic E-state index is -0.409. The number of aromatic nitrogens is 2. The van der Waals surface area contributed by atoms with Crippen molar-refractivity contribution >= 4 is 11.3 Å². The molecule has 4 heterocycles. The first-order valence-electron chi connectivity index (χ1n) is 8.23. The van der Waals surface area contributed by atoms with Gasteiger partial charge in [0.2, 0.25) is 5.88 Å². The van der Waals surface area contributed by atoms with Crippen LogP contribution in [0.1, 0.15) is 17.8 Å². The summed E-state index contributed by atoms with van der Waals surface area (Å²) in [6.45, 7) is 4.04. The predicted molar refractivity (Wildman–Crippen MR) is 88.5 cm³/mol. The third-order valence-electron chi connectivity index (χ3n) is 4.85. The molecule has 7 heteroatoms. The Kier molecular flexibility index (Phi) is 4.47. The van der Waals surface area contributed by atoms with Crippen LogP contribution in [-0.4, -0.2) is 46.8 Å². The second-order valence-corrected chi connectivity index (χ2v) is 7.38. The molecule has 1 unspecified atom stereocenters. The number of thiazole rings is 1. The largest absolute Gasteiger partial charge is 0.476 e. The third-order valence-corrected chi connectivity index (χ3v) is 5.62. The molecule has 0 N–H and O–H groups in total. The van der Waals surface area contributed by atoms with Crippen LogP contribution in [-0.2, 0) is 11.3 Å². The highest BCUT2D eigenvalue weighted by atomic mass is 32.1. The molecule has 0 bridgehead atoms. The van der Waals surface area contributed by atoms with Gasteiger partial charge >= 0.3 is 0 Å². The number of likely N-dealkylation sites (tertiary alicyclic amines) is 1. The van der Waals surface area contributed by atoms with Gasteiger partial charge in [0.15, 0.2) is 5.82 Å². The number of hydrogen-bond acceptors (Lipinski definition) is 6. The Morgan fingerprint density at radius 1 is 1.38 bits per heavy atom. The highest BCUT2D eigenvalue weighted by Gasteiger charge is 2.52. The van der Waals surface area contributed by atoms with E-state index in [-0.39, 0.29) is 11.5 Å². The van der Waals surface area contributed by atoms with E-state index in [9.17, 15) is 4.39 Å². The molecule has 0 aromatic carbocycles. The highest BCUT2D eigenvalue weighted by Crippen LogP contribution is 2.42. The van der Waals surface area contributed by atoms with Gasteiger partial charge < -0.3 is 9.47 Å². The van der Waals surface area contributed by atoms with E-state index < -0.39 is 5.82 Å². The van der Waals surface area contributed by atoms with Gasteiger partial charge in [0, 0.05) is 37.5 Å². The first kappa shape index (κ1) is 15.9. The van der Waals surface area contributed by atoms with Gasteiger partial charge in [-0.15, -0.1) is 11.3 Å². The van der Waals surface area contributed by atoms with Gasteiger partial charge in [-0.05, 0) is 30.9 Å². The molecule has 2 aromatic rings. The lowest BCUT2D eigenvalue weighted by Crippen LogP contribution is -2.64. The summed E-state index contributed by atoms with van der Waals surface area (Å²) in [5.41, 5.74) is -0.0523. The van der Waals surface area contributed by atoms with Crippen molar-refractivity contribution in [3.63, 3.8) is 0 Å². The Hall–Kier alpha value is -1.57. The van der Waals surface area contributed by atoms with Crippen molar-refractivity contribution in [2.45, 2.75) is 25.0 Å². The van der Waals surface area contributed by atoms with Crippen LogP contribution in [0.25, 0.3) is 0 Å². The molecule has 0 saturated carbocycles. The van der Waals surface area contributed by atoms with Crippen molar-refractivity contribution < 1.29 is 13.9 Å². The summed E-state index contributed by atoms with van der Waals surface area (Å²) in [6.07, 6.45) is 5.29. The molecule has 1 spiro atoms. The Labute approximate surface area is 144 Å². The predicted octanol–water partition coefficient (Wildman–Crippen LogP) is 2.74. The third kappa shape index (κ3) is 3.16. The number of ether oxygens (including phenoxy) is 2. The number of rotatable bonds is 6. The molecule has 2 aliphatic heterocycles. The van der Waals surface area contributed by atoms with E-state index in [1.807, 2.05) is 11.6 Å². The van der Waals surface area contributed by atoms with Gasteiger partial charge in [0.05, 0.1) is 18.8 Å². The van der Waals surface area contributed by atoms with Crippen molar-refractivity contribution in [1.29, 1.82) is 0 Å². The molecule has 0 aliphatic carbocycles. The highest BCUT2D eigenvalue weighted by molar-refractivity contribution is 7.09. The van der Waals surface area contributed by atoms with Crippen molar-refractivity contribution in [2.75, 3.05) is 26.3 Å². The van der Waals surface area contributed by atoms with Crippen LogP contribution < -0.4 is 4.74 Å². The van der Waals surface area contributed by atoms with Crippen LogP contribution in [0.5, 0.6) is 5.88 Å². The monoisotopic (exact) mass is 349 g/mol. The minimum Gasteiger partial charge on any atom is -0.476 e. The quantitative estimate of drug-likeness (QED) is 0.802. The molecule has 5 nitrogen and oxygen atoms in total. The standard InChI is InChI=1S/C17H20FN3O2S/c18-14-2-1-5-20-16(14)22-7-3-13-4-8-23-17(13)11-21(12-17)10-15-19-6-9-24-15/h1-2,5-6,9,13H,3-4,7-8,10-12H2. The molecular formula is C17H20FN3O2S. The fourth-order valence-electron chi connectivity index (χ4n) is 3.66. The summed E-state index contributed by atoms with van der Waals surface area (Å²) in [7, 11) is 0. The second kappa shape index (κ2) is 6.74. The summed E-state index contributed by atoms with van der Waals surface area (Å²) in [5, 5.41) is 3.15. The summed E-state index contributed by atoms with van der Waals surface area (Å²) in [6, 6.07) is 2.93. The molecule has 2 saturated heterocycles. The van der Waals surface area contributed by atoms with Crippen LogP contribution in [0.3, 0.4) is 0 Å². The Balaban J connectivity index is 1.28. The Morgan fingerprint density at radius 2 is 2.29 bits per heavy atom. The van der Waals surface area contributed by atoms with Gasteiger partial charge in [0.25, 0.3) is 0 Å². The SMILES string of the molecule is Fc1cccnc1OCCC1CCOC12CN(Cc1nccs1)C2. The average molecular weight is 349 g/mol. The summed E-state index contributed by atoms with van der Waals surface area (Å²) in [4.78, 5) is 10.6. The molecule has 2 aliphatic rings. The maximum Gasteiger partial charge on any atom is 0.250 e. The van der Waals surface area contributed by atoms with Crippen LogP contribution in [0.4, 0.5) is 4.39 Å². The second-order valence-electron chi connectivity index (χ2n) is 6.40. The maximum absolute atomic E-state index is 13.5. The van der Waals surface area contributed by atoms with E-state index in [1.165, 1.54) is 6.07 Å². The van der Waals surface area contributed by atoms with Crippen LogP contribution >= 0.6 is 11.3 Å². The molecule has 128 valence electrons. The first-order chi connectivity index (χ1) is 11.8. The number of pyridine rings is 1. The van der Waals surface area contributed by atoms with Gasteiger partial charge in [-0.3, -0.25) is 4.90 Å². The molecule has 24 heavy (non-hydrogen) atoms. The average Bonchev–Trinajstić information content (AvgIpc) is 3.19. The van der Waals surface area contributed by atoms with E-state index in [0.29, 0.717) is 12.5 Å². The van der Waals surface area contributed by atoms with Gasteiger partial charge in [-0.1, -0.05) is 0 Å². The van der Waals surface area contributed by atoms with E-state index in [1.54, 1.807) is 23.6 Å². The lowest BCUT2D eigenvalue weighted by atomic mass is 9.79. The van der Waals surface area contributed by atoms with Crippen LogP contribution in [0.15, 0.2) is 29.9 Å². The first-order valence-corrected chi connectivity index (χ1v) is 9.11. The fraction of sp³-hybridized carbons (Fsp3) is 0.529. The smallest absolute Gasteiger partial charge is 0.250 e. The van der Waals surface area contributed by atoms with E-state index in [2.05, 4.69) is 14.9 Å². The van der Waals surface area contributed by atoms with Crippen molar-refractivity contribution in [2.24, 2.45) is 5.92 Å². The summed E-state index contributed by atoms with van der Waals surface area (Å²) < 4.78 is 25.1. The molecule has 1 atom stereocenters. The zero-order valence-corrected chi connectivity index (χ0v) is 14.2. The van der Waals surface area contributed by atoms with E-state index >= 15 is 0 Å². The van der Waals surface area contributed by atoms with E-state index in [0.717, 1.165) is 44.1 Å². The maximum atomic E-state index is 13.5. The van der Waals surface area contributed by atoms with Gasteiger partial charge in [0.1, 0.15) is 5.01 Å². The van der Waals surface area contributed by atoms with Crippen molar-refractivity contribution in [3.8, 4) is 5.88 Å². The lowest BCUT2D eigenvalue weighted by Gasteiger charge is -2.50. The topological polar surface area (TPSA) is 47.5 Å². The zero-order chi connectivity index (χ0) is 16.4. The summed E-state index contributed by atoms with van der Waals surface area (Å²) >= 11 is 1.69. The lowest BCUT2D eigenvalue weighted by molar-refractivity contribution is -0.138. The van der Waals surface area contributed by atoms with Crippen LogP contribution in [0, 0.1) is 11.7 Å². The number of hydrogen-bond donors (Lipinski definition) is 0. The van der Waals surface area contributed by atoms with Gasteiger partial charge in [-0.2, -0.15) is 0 Å². The van der Waals surface area contributed by atoms with Crippen molar-refractivity contribution in [3.05, 3.63) is 40.7 Å². The Morgan fingerprint density at radius 3 is 3.08 bits per heavy atom. The molecular weight excluding hydrogens is 329 g/mol. The van der Waals surface area contributed by atoms with E-state index in [4.69, 9.17) is 9.47 Å². The van der Waals surface area contributed by atoms with Crippen LogP contribution in [0.2, 0.25) is 0 Å². The zero-order valence-electron chi connectivity index (χ0n) is 13.4. The molecule has 0 radical (unpaired) electrons. The van der Waals surface area contributed by atoms with Crippen molar-refractivity contribution in [1.82, 2.24) is 14.9 Å². The number of halogens is 1. The summed E-state index contributed by atoms with van der Waals surface area (Å²) in [5.74, 6) is 0.134.